The normalized spacial score (nSPS) is 11.9. The molecule has 0 rings (SSSR count). The summed E-state index contributed by atoms with van der Waals surface area (Å²) in [7, 11) is 0. The quantitative estimate of drug-likeness (QED) is 0.427. The maximum Gasteiger partial charge on any atom is 0.321 e. The molecular formula is C10H20INO2. The fraction of sp³-hybridized carbons (Fsp3) is 0.900. The molecule has 14 heavy (non-hydrogen) atoms. The molecular weight excluding hydrogens is 293 g/mol. The molecule has 0 radical (unpaired) electrons. The summed E-state index contributed by atoms with van der Waals surface area (Å²) >= 11 is 2.09. The highest BCUT2D eigenvalue weighted by Crippen LogP contribution is 2.18. The number of carbonyl (C=O) groups is 1. The molecule has 0 aliphatic carbocycles. The zero-order valence-corrected chi connectivity index (χ0v) is 11.6. The van der Waals surface area contributed by atoms with Crippen LogP contribution in [-0.4, -0.2) is 40.5 Å². The molecule has 0 unspecified atom stereocenters. The molecule has 0 N–H and O–H groups in total. The zero-order valence-electron chi connectivity index (χ0n) is 9.47. The van der Waals surface area contributed by atoms with Gasteiger partial charge in [-0.1, -0.05) is 36.4 Å². The second-order valence-electron chi connectivity index (χ2n) is 3.64. The Hall–Kier alpha value is 0.160. The predicted molar refractivity (Wildman–Crippen MR) is 66.8 cm³/mol. The van der Waals surface area contributed by atoms with Crippen molar-refractivity contribution < 1.29 is 9.53 Å². The van der Waals surface area contributed by atoms with Gasteiger partial charge < -0.3 is 9.64 Å². The molecule has 0 amide bonds. The monoisotopic (exact) mass is 313 g/mol. The molecule has 0 heterocycles. The van der Waals surface area contributed by atoms with Crippen molar-refractivity contribution >= 4 is 28.6 Å². The van der Waals surface area contributed by atoms with Gasteiger partial charge >= 0.3 is 5.97 Å². The Labute approximate surface area is 100 Å². The lowest BCUT2D eigenvalue weighted by atomic mass is 10.2. The van der Waals surface area contributed by atoms with Gasteiger partial charge in [0.05, 0.1) is 0 Å². The summed E-state index contributed by atoms with van der Waals surface area (Å²) in [6, 6.07) is 0. The van der Waals surface area contributed by atoms with Gasteiger partial charge in [0, 0.05) is 6.54 Å². The van der Waals surface area contributed by atoms with E-state index in [2.05, 4.69) is 41.3 Å². The number of esters is 1. The van der Waals surface area contributed by atoms with E-state index < -0.39 is 3.42 Å². The fourth-order valence-electron chi connectivity index (χ4n) is 0.979. The first-order valence-corrected chi connectivity index (χ1v) is 6.08. The topological polar surface area (TPSA) is 29.5 Å². The number of hydrogen-bond donors (Lipinski definition) is 0. The summed E-state index contributed by atoms with van der Waals surface area (Å²) in [6.45, 7) is 11.2. The number of likely N-dealkylation sites (N-methyl/N-ethyl adjacent to an activating group) is 1. The molecule has 0 aromatic carbocycles. The number of ether oxygens (including phenoxy) is 1. The SMILES string of the molecule is CCN(CC)CCOC(=O)C(C)(C)I. The number of carbonyl (C=O) groups excluding carboxylic acids is 1. The molecule has 0 saturated carbocycles. The van der Waals surface area contributed by atoms with Crippen LogP contribution in [0.4, 0.5) is 0 Å². The molecule has 84 valence electrons. The molecule has 0 aromatic rings. The van der Waals surface area contributed by atoms with Gasteiger partial charge in [-0.15, -0.1) is 0 Å². The first-order valence-electron chi connectivity index (χ1n) is 5.00. The van der Waals surface area contributed by atoms with Crippen molar-refractivity contribution in [2.75, 3.05) is 26.2 Å². The predicted octanol–water partition coefficient (Wildman–Crippen LogP) is 2.08. The third kappa shape index (κ3) is 5.80. The van der Waals surface area contributed by atoms with Crippen LogP contribution in [-0.2, 0) is 9.53 Å². The first-order chi connectivity index (χ1) is 6.41. The molecule has 0 saturated heterocycles. The molecule has 4 heteroatoms. The smallest absolute Gasteiger partial charge is 0.321 e. The largest absolute Gasteiger partial charge is 0.463 e. The minimum absolute atomic E-state index is 0.134. The fourth-order valence-corrected chi connectivity index (χ4v) is 1.13. The highest BCUT2D eigenvalue weighted by molar-refractivity contribution is 14.1. The van der Waals surface area contributed by atoms with E-state index >= 15 is 0 Å². The van der Waals surface area contributed by atoms with E-state index in [4.69, 9.17) is 4.74 Å². The maximum absolute atomic E-state index is 11.4. The van der Waals surface area contributed by atoms with Crippen molar-refractivity contribution in [3.05, 3.63) is 0 Å². The second-order valence-corrected chi connectivity index (χ2v) is 6.33. The molecule has 0 spiro atoms. The van der Waals surface area contributed by atoms with E-state index in [1.807, 2.05) is 13.8 Å². The van der Waals surface area contributed by atoms with Gasteiger partial charge in [0.2, 0.25) is 0 Å². The third-order valence-corrected chi connectivity index (χ3v) is 2.46. The van der Waals surface area contributed by atoms with Gasteiger partial charge in [-0.25, -0.2) is 0 Å². The van der Waals surface area contributed by atoms with Crippen LogP contribution < -0.4 is 0 Å². The number of alkyl halides is 1. The third-order valence-electron chi connectivity index (χ3n) is 2.02. The van der Waals surface area contributed by atoms with Crippen LogP contribution in [0.25, 0.3) is 0 Å². The first kappa shape index (κ1) is 14.2. The van der Waals surface area contributed by atoms with Crippen LogP contribution in [0.2, 0.25) is 0 Å². The van der Waals surface area contributed by atoms with Crippen molar-refractivity contribution in [2.24, 2.45) is 0 Å². The average Bonchev–Trinajstić information content (AvgIpc) is 2.10. The summed E-state index contributed by atoms with van der Waals surface area (Å²) in [5, 5.41) is 0. The standard InChI is InChI=1S/C10H20INO2/c1-5-12(6-2)7-8-14-9(13)10(3,4)11/h5-8H2,1-4H3. The van der Waals surface area contributed by atoms with Crippen molar-refractivity contribution in [3.63, 3.8) is 0 Å². The number of hydrogen-bond acceptors (Lipinski definition) is 3. The number of rotatable bonds is 6. The van der Waals surface area contributed by atoms with E-state index in [-0.39, 0.29) is 5.97 Å². The lowest BCUT2D eigenvalue weighted by Gasteiger charge is -2.19. The Balaban J connectivity index is 3.69. The van der Waals surface area contributed by atoms with Crippen molar-refractivity contribution in [3.8, 4) is 0 Å². The minimum atomic E-state index is -0.416. The molecule has 0 fully saturated rings. The summed E-state index contributed by atoms with van der Waals surface area (Å²) in [4.78, 5) is 13.6. The summed E-state index contributed by atoms with van der Waals surface area (Å²) < 4.78 is 4.74. The molecule has 0 bridgehead atoms. The minimum Gasteiger partial charge on any atom is -0.463 e. The van der Waals surface area contributed by atoms with Gasteiger partial charge in [0.1, 0.15) is 10.0 Å². The highest BCUT2D eigenvalue weighted by Gasteiger charge is 2.25. The zero-order chi connectivity index (χ0) is 11.2. The van der Waals surface area contributed by atoms with Crippen LogP contribution in [0, 0.1) is 0 Å². The number of halogens is 1. The Morgan fingerprint density at radius 3 is 2.21 bits per heavy atom. The van der Waals surface area contributed by atoms with Gasteiger partial charge in [-0.3, -0.25) is 4.79 Å². The van der Waals surface area contributed by atoms with E-state index in [1.54, 1.807) is 0 Å². The van der Waals surface area contributed by atoms with E-state index in [9.17, 15) is 4.79 Å². The van der Waals surface area contributed by atoms with Crippen LogP contribution in [0.3, 0.4) is 0 Å². The Bertz CT molecular complexity index is 173. The molecule has 0 atom stereocenters. The van der Waals surface area contributed by atoms with Crippen LogP contribution >= 0.6 is 22.6 Å². The van der Waals surface area contributed by atoms with Crippen molar-refractivity contribution in [2.45, 2.75) is 31.1 Å². The Kier molecular flexibility index (Phi) is 6.68. The van der Waals surface area contributed by atoms with Crippen molar-refractivity contribution in [1.29, 1.82) is 0 Å². The summed E-state index contributed by atoms with van der Waals surface area (Å²) in [5.41, 5.74) is 0. The van der Waals surface area contributed by atoms with Crippen LogP contribution in [0.1, 0.15) is 27.7 Å². The van der Waals surface area contributed by atoms with Gasteiger partial charge in [-0.2, -0.15) is 0 Å². The van der Waals surface area contributed by atoms with Crippen LogP contribution in [0.5, 0.6) is 0 Å². The molecule has 0 aromatic heterocycles. The van der Waals surface area contributed by atoms with Crippen LogP contribution in [0.15, 0.2) is 0 Å². The van der Waals surface area contributed by atoms with E-state index in [0.717, 1.165) is 19.6 Å². The van der Waals surface area contributed by atoms with Gasteiger partial charge in [0.25, 0.3) is 0 Å². The van der Waals surface area contributed by atoms with E-state index in [1.165, 1.54) is 0 Å². The molecule has 0 aliphatic heterocycles. The van der Waals surface area contributed by atoms with Gasteiger partial charge in [0.15, 0.2) is 0 Å². The summed E-state index contributed by atoms with van der Waals surface area (Å²) in [6.07, 6.45) is 0. The maximum atomic E-state index is 11.4. The lowest BCUT2D eigenvalue weighted by molar-refractivity contribution is -0.145. The summed E-state index contributed by atoms with van der Waals surface area (Å²) in [5.74, 6) is -0.134. The Morgan fingerprint density at radius 2 is 1.86 bits per heavy atom. The number of nitrogens with zero attached hydrogens (tertiary/aromatic N) is 1. The van der Waals surface area contributed by atoms with E-state index in [0.29, 0.717) is 6.61 Å². The average molecular weight is 313 g/mol. The van der Waals surface area contributed by atoms with Crippen molar-refractivity contribution in [1.82, 2.24) is 4.90 Å². The molecule has 0 aliphatic rings. The Morgan fingerprint density at radius 1 is 1.36 bits per heavy atom. The van der Waals surface area contributed by atoms with Gasteiger partial charge in [-0.05, 0) is 26.9 Å². The second kappa shape index (κ2) is 6.61. The molecule has 3 nitrogen and oxygen atoms in total. The highest BCUT2D eigenvalue weighted by atomic mass is 127. The lowest BCUT2D eigenvalue weighted by Crippen LogP contribution is -2.32.